The molecule has 128 valence electrons. The molecular weight excluding hydrogens is 308 g/mol. The third-order valence-corrected chi connectivity index (χ3v) is 5.38. The van der Waals surface area contributed by atoms with Crippen molar-refractivity contribution >= 4 is 16.8 Å². The van der Waals surface area contributed by atoms with E-state index in [4.69, 9.17) is 0 Å². The van der Waals surface area contributed by atoms with Gasteiger partial charge in [-0.3, -0.25) is 4.79 Å². The van der Waals surface area contributed by atoms with Crippen molar-refractivity contribution in [3.8, 4) is 0 Å². The fourth-order valence-electron chi connectivity index (χ4n) is 3.94. The van der Waals surface area contributed by atoms with E-state index in [-0.39, 0.29) is 5.91 Å². The van der Waals surface area contributed by atoms with Crippen LogP contribution in [0.2, 0.25) is 0 Å². The molecule has 0 spiro atoms. The van der Waals surface area contributed by atoms with Gasteiger partial charge in [-0.05, 0) is 48.6 Å². The van der Waals surface area contributed by atoms with Gasteiger partial charge in [-0.15, -0.1) is 0 Å². The summed E-state index contributed by atoms with van der Waals surface area (Å²) in [6, 6.07) is 14.6. The molecule has 3 heteroatoms. The minimum absolute atomic E-state index is 0.222. The Morgan fingerprint density at radius 3 is 2.72 bits per heavy atom. The summed E-state index contributed by atoms with van der Waals surface area (Å²) in [5.41, 5.74) is 6.26. The standard InChI is InChI=1S/C22H24N2O/c1-3-23-14-19-11-12-24(15-18-9-6-10-20(23)22(18)19)21(25)13-17-8-5-4-7-16(17)2/h4-10,14H,3,11-13,15H2,1-2H3. The van der Waals surface area contributed by atoms with Crippen LogP contribution in [0.4, 0.5) is 0 Å². The summed E-state index contributed by atoms with van der Waals surface area (Å²) in [5, 5.41) is 1.36. The van der Waals surface area contributed by atoms with Crippen molar-refractivity contribution in [3.05, 3.63) is 70.9 Å². The van der Waals surface area contributed by atoms with Gasteiger partial charge in [0.05, 0.1) is 6.42 Å². The Hall–Kier alpha value is -2.55. The van der Waals surface area contributed by atoms with Crippen LogP contribution >= 0.6 is 0 Å². The maximum Gasteiger partial charge on any atom is 0.227 e. The second-order valence-corrected chi connectivity index (χ2v) is 6.92. The molecule has 0 aliphatic carbocycles. The van der Waals surface area contributed by atoms with Gasteiger partial charge in [0, 0.05) is 36.7 Å². The lowest BCUT2D eigenvalue weighted by Crippen LogP contribution is -2.33. The molecule has 2 aromatic carbocycles. The van der Waals surface area contributed by atoms with E-state index in [2.05, 4.69) is 54.9 Å². The summed E-state index contributed by atoms with van der Waals surface area (Å²) in [6.45, 7) is 6.74. The molecule has 0 bridgehead atoms. The van der Waals surface area contributed by atoms with Gasteiger partial charge in [-0.2, -0.15) is 0 Å². The third kappa shape index (κ3) is 2.84. The number of hydrogen-bond acceptors (Lipinski definition) is 1. The van der Waals surface area contributed by atoms with E-state index in [1.165, 1.54) is 27.6 Å². The van der Waals surface area contributed by atoms with E-state index in [1.54, 1.807) is 0 Å². The van der Waals surface area contributed by atoms with Gasteiger partial charge in [0.25, 0.3) is 0 Å². The van der Waals surface area contributed by atoms with Crippen molar-refractivity contribution in [2.75, 3.05) is 6.54 Å². The van der Waals surface area contributed by atoms with Crippen molar-refractivity contribution in [3.63, 3.8) is 0 Å². The Morgan fingerprint density at radius 2 is 1.92 bits per heavy atom. The number of benzene rings is 2. The molecule has 0 saturated carbocycles. The molecule has 0 radical (unpaired) electrons. The molecule has 3 nitrogen and oxygen atoms in total. The monoisotopic (exact) mass is 332 g/mol. The first kappa shape index (κ1) is 15.9. The molecule has 1 aliphatic rings. The van der Waals surface area contributed by atoms with Crippen molar-refractivity contribution in [2.45, 2.75) is 39.8 Å². The Balaban J connectivity index is 1.62. The molecule has 25 heavy (non-hydrogen) atoms. The number of nitrogens with zero attached hydrogens (tertiary/aromatic N) is 2. The van der Waals surface area contributed by atoms with Crippen LogP contribution in [0.1, 0.15) is 29.2 Å². The summed E-state index contributed by atoms with van der Waals surface area (Å²) in [6.07, 6.45) is 3.69. The van der Waals surface area contributed by atoms with Gasteiger partial charge in [0.2, 0.25) is 5.91 Å². The highest BCUT2D eigenvalue weighted by Crippen LogP contribution is 2.29. The van der Waals surface area contributed by atoms with E-state index in [0.717, 1.165) is 25.1 Å². The fourth-order valence-corrected chi connectivity index (χ4v) is 3.94. The molecule has 1 aromatic heterocycles. The minimum Gasteiger partial charge on any atom is -0.347 e. The topological polar surface area (TPSA) is 25.2 Å². The molecule has 1 aliphatic heterocycles. The lowest BCUT2D eigenvalue weighted by molar-refractivity contribution is -0.131. The van der Waals surface area contributed by atoms with Gasteiger partial charge in [-0.25, -0.2) is 0 Å². The van der Waals surface area contributed by atoms with Crippen molar-refractivity contribution in [2.24, 2.45) is 0 Å². The Labute approximate surface area is 148 Å². The average molecular weight is 332 g/mol. The second kappa shape index (κ2) is 6.40. The molecule has 0 saturated heterocycles. The van der Waals surface area contributed by atoms with Crippen LogP contribution in [0.15, 0.2) is 48.7 Å². The first-order valence-electron chi connectivity index (χ1n) is 9.09. The van der Waals surface area contributed by atoms with E-state index in [1.807, 2.05) is 17.0 Å². The number of aromatic nitrogens is 1. The summed E-state index contributed by atoms with van der Waals surface area (Å²) < 4.78 is 2.32. The number of carbonyl (C=O) groups excluding carboxylic acids is 1. The zero-order valence-corrected chi connectivity index (χ0v) is 15.0. The van der Waals surface area contributed by atoms with Crippen LogP contribution in [0.5, 0.6) is 0 Å². The smallest absolute Gasteiger partial charge is 0.227 e. The quantitative estimate of drug-likeness (QED) is 0.709. The number of rotatable bonds is 3. The van der Waals surface area contributed by atoms with E-state index in [9.17, 15) is 4.79 Å². The molecule has 2 heterocycles. The van der Waals surface area contributed by atoms with Crippen LogP contribution < -0.4 is 0 Å². The Morgan fingerprint density at radius 1 is 1.08 bits per heavy atom. The van der Waals surface area contributed by atoms with E-state index in [0.29, 0.717) is 13.0 Å². The number of aryl methyl sites for hydroxylation is 2. The van der Waals surface area contributed by atoms with Crippen LogP contribution in [0, 0.1) is 6.92 Å². The molecule has 4 rings (SSSR count). The fraction of sp³-hybridized carbons (Fsp3) is 0.318. The molecule has 1 amide bonds. The van der Waals surface area contributed by atoms with Crippen molar-refractivity contribution < 1.29 is 4.79 Å². The molecule has 0 fully saturated rings. The highest BCUT2D eigenvalue weighted by molar-refractivity contribution is 5.89. The summed E-state index contributed by atoms with van der Waals surface area (Å²) >= 11 is 0. The van der Waals surface area contributed by atoms with Crippen LogP contribution in [-0.2, 0) is 30.7 Å². The Kier molecular flexibility index (Phi) is 4.08. The number of carbonyl (C=O) groups is 1. The molecular formula is C22H24N2O. The maximum absolute atomic E-state index is 12.9. The van der Waals surface area contributed by atoms with Crippen LogP contribution in [-0.4, -0.2) is 21.9 Å². The van der Waals surface area contributed by atoms with Gasteiger partial charge in [-0.1, -0.05) is 36.4 Å². The summed E-state index contributed by atoms with van der Waals surface area (Å²) in [4.78, 5) is 14.9. The van der Waals surface area contributed by atoms with Gasteiger partial charge in [0.1, 0.15) is 0 Å². The van der Waals surface area contributed by atoms with Crippen molar-refractivity contribution in [1.82, 2.24) is 9.47 Å². The highest BCUT2D eigenvalue weighted by atomic mass is 16.2. The first-order chi connectivity index (χ1) is 12.2. The van der Waals surface area contributed by atoms with Gasteiger partial charge < -0.3 is 9.47 Å². The number of amides is 1. The van der Waals surface area contributed by atoms with Crippen LogP contribution in [0.25, 0.3) is 10.9 Å². The predicted octanol–water partition coefficient (Wildman–Crippen LogP) is 4.10. The zero-order valence-electron chi connectivity index (χ0n) is 15.0. The number of hydrogen-bond donors (Lipinski definition) is 0. The second-order valence-electron chi connectivity index (χ2n) is 6.92. The third-order valence-electron chi connectivity index (χ3n) is 5.38. The van der Waals surface area contributed by atoms with Gasteiger partial charge in [0.15, 0.2) is 0 Å². The normalized spacial score (nSPS) is 13.9. The predicted molar refractivity (Wildman–Crippen MR) is 102 cm³/mol. The molecule has 3 aromatic rings. The maximum atomic E-state index is 12.9. The molecule has 0 unspecified atom stereocenters. The molecule has 0 atom stereocenters. The minimum atomic E-state index is 0.222. The van der Waals surface area contributed by atoms with E-state index < -0.39 is 0 Å². The summed E-state index contributed by atoms with van der Waals surface area (Å²) in [5.74, 6) is 0.222. The lowest BCUT2D eigenvalue weighted by Gasteiger charge is -2.22. The molecule has 0 N–H and O–H groups in total. The van der Waals surface area contributed by atoms with Crippen LogP contribution in [0.3, 0.4) is 0 Å². The van der Waals surface area contributed by atoms with Crippen molar-refractivity contribution in [1.29, 1.82) is 0 Å². The largest absolute Gasteiger partial charge is 0.347 e. The highest BCUT2D eigenvalue weighted by Gasteiger charge is 2.22. The zero-order chi connectivity index (χ0) is 17.4. The first-order valence-corrected chi connectivity index (χ1v) is 9.09. The Bertz CT molecular complexity index is 938. The van der Waals surface area contributed by atoms with E-state index >= 15 is 0 Å². The SMILES string of the molecule is CCn1cc2c3c(cccc31)CN(C(=O)Cc1ccccc1C)CC2. The average Bonchev–Trinajstić information content (AvgIpc) is 2.87. The van der Waals surface area contributed by atoms with Gasteiger partial charge >= 0.3 is 0 Å². The summed E-state index contributed by atoms with van der Waals surface area (Å²) in [7, 11) is 0. The lowest BCUT2D eigenvalue weighted by atomic mass is 10.0.